The molecule has 0 radical (unpaired) electrons. The summed E-state index contributed by atoms with van der Waals surface area (Å²) in [6, 6.07) is 0. The van der Waals surface area contributed by atoms with Crippen molar-refractivity contribution < 1.29 is 9.25 Å². The third-order valence-corrected chi connectivity index (χ3v) is 3.90. The van der Waals surface area contributed by atoms with Gasteiger partial charge in [0.25, 0.3) is 0 Å². The fourth-order valence-corrected chi connectivity index (χ4v) is 2.84. The summed E-state index contributed by atoms with van der Waals surface area (Å²) >= 11 is 0. The van der Waals surface area contributed by atoms with Crippen LogP contribution in [0.3, 0.4) is 0 Å². The molecule has 0 bridgehead atoms. The Morgan fingerprint density at radius 2 is 2.64 bits per heavy atom. The van der Waals surface area contributed by atoms with Crippen LogP contribution >= 0.6 is 7.03 Å². The van der Waals surface area contributed by atoms with Gasteiger partial charge in [0.15, 0.2) is 0 Å². The summed E-state index contributed by atoms with van der Waals surface area (Å²) in [6.07, 6.45) is 1.85. The van der Waals surface area contributed by atoms with Crippen LogP contribution in [0.25, 0.3) is 6.20 Å². The molecule has 0 fully saturated rings. The van der Waals surface area contributed by atoms with Gasteiger partial charge in [-0.05, 0) is 0 Å². The normalized spacial score (nSPS) is 15.4. The van der Waals surface area contributed by atoms with Crippen LogP contribution in [0, 0.1) is 6.92 Å². The molecule has 0 aromatic carbocycles. The number of nitrogens with zero attached hydrogens (tertiary/aromatic N) is 2. The number of H-pyrrole nitrogens is 1. The van der Waals surface area contributed by atoms with Crippen LogP contribution in [0.1, 0.15) is 5.82 Å². The van der Waals surface area contributed by atoms with E-state index >= 15 is 0 Å². The van der Waals surface area contributed by atoms with Crippen LogP contribution in [0.5, 0.6) is 0 Å². The summed E-state index contributed by atoms with van der Waals surface area (Å²) in [5.74, 6) is 0.852. The molecule has 1 aliphatic rings. The molecule has 1 aliphatic heterocycles. The second-order valence-electron chi connectivity index (χ2n) is 2.14. The van der Waals surface area contributed by atoms with E-state index in [0.29, 0.717) is 0 Å². The van der Waals surface area contributed by atoms with Crippen molar-refractivity contribution in [2.75, 3.05) is 0 Å². The van der Waals surface area contributed by atoms with Gasteiger partial charge in [0, 0.05) is 0 Å². The second-order valence-corrected chi connectivity index (χ2v) is 5.18. The van der Waals surface area contributed by atoms with E-state index in [1.807, 2.05) is 18.5 Å². The fourth-order valence-electron chi connectivity index (χ4n) is 0.931. The monoisotopic (exact) mass is 187 g/mol. The standard InChI is InChI=1S/C5H5N3OPS/c1-4-6-5-8(7-4)2-3-11(5)10-9/h2-3H,1H3/q-1/p+1. The molecule has 0 amide bonds. The first-order valence-electron chi connectivity index (χ1n) is 3.04. The predicted molar refractivity (Wildman–Crippen MR) is 42.1 cm³/mol. The Hall–Kier alpha value is -0.540. The molecule has 2 rings (SSSR count). The molecule has 11 heavy (non-hydrogen) atoms. The summed E-state index contributed by atoms with van der Waals surface area (Å²) in [4.78, 5) is 4.19. The van der Waals surface area contributed by atoms with Gasteiger partial charge in [0.05, 0.1) is 0 Å². The number of nitrogens with one attached hydrogen (secondary N) is 1. The number of fused-ring (bicyclic) bond motifs is 1. The first-order chi connectivity index (χ1) is 5.31. The molecule has 0 unspecified atom stereocenters. The minimum absolute atomic E-state index is 0.128. The molecule has 1 N–H and O–H groups in total. The van der Waals surface area contributed by atoms with E-state index in [-0.39, 0.29) is 16.9 Å². The molecule has 58 valence electrons. The zero-order valence-electron chi connectivity index (χ0n) is 5.81. The molecule has 0 atom stereocenters. The van der Waals surface area contributed by atoms with Crippen LogP contribution in [-0.4, -0.2) is 10.1 Å². The van der Waals surface area contributed by atoms with Gasteiger partial charge in [-0.3, -0.25) is 0 Å². The van der Waals surface area contributed by atoms with Gasteiger partial charge in [0.1, 0.15) is 0 Å². The molecule has 6 heteroatoms. The first-order valence-corrected chi connectivity index (χ1v) is 5.75. The molecule has 0 spiro atoms. The maximum absolute atomic E-state index is 10.6. The van der Waals surface area contributed by atoms with Crippen molar-refractivity contribution >= 4 is 23.1 Å². The van der Waals surface area contributed by atoms with Crippen LogP contribution in [0.4, 0.5) is 0 Å². The number of aromatic nitrogens is 3. The van der Waals surface area contributed by atoms with E-state index in [1.54, 1.807) is 4.68 Å². The summed E-state index contributed by atoms with van der Waals surface area (Å²) < 4.78 is 12.4. The zero-order valence-corrected chi connectivity index (χ0v) is 7.52. The quantitative estimate of drug-likeness (QED) is 0.368. The van der Waals surface area contributed by atoms with Crippen LogP contribution < -0.4 is 4.68 Å². The number of aromatic amines is 1. The van der Waals surface area contributed by atoms with E-state index in [2.05, 4.69) is 10.1 Å². The number of aryl methyl sites for hydroxylation is 1. The van der Waals surface area contributed by atoms with Crippen molar-refractivity contribution in [3.05, 3.63) is 11.2 Å². The summed E-state index contributed by atoms with van der Waals surface area (Å²) in [7, 11) is -0.204. The molecule has 1 aromatic rings. The average molecular weight is 187 g/mol. The Morgan fingerprint density at radius 1 is 1.82 bits per heavy atom. The first kappa shape index (κ1) is 7.13. The minimum atomic E-state index is -0.332. The second kappa shape index (κ2) is 2.50. The number of hydrogen-bond donors (Lipinski definition) is 1. The van der Waals surface area contributed by atoms with Gasteiger partial charge in [-0.25, -0.2) is 0 Å². The van der Waals surface area contributed by atoms with Crippen LogP contribution in [-0.2, 0) is 14.4 Å². The van der Waals surface area contributed by atoms with Gasteiger partial charge in [-0.1, -0.05) is 0 Å². The molecule has 4 nitrogen and oxygen atoms in total. The molecular weight excluding hydrogens is 181 g/mol. The topological polar surface area (TPSA) is 49.6 Å². The van der Waals surface area contributed by atoms with Gasteiger partial charge in [-0.2, -0.15) is 0 Å². The Balaban J connectivity index is 2.78. The van der Waals surface area contributed by atoms with Gasteiger partial charge in [-0.15, -0.1) is 0 Å². The Bertz CT molecular complexity index is 454. The number of hydrogen-bond acceptors (Lipinski definition) is 3. The zero-order chi connectivity index (χ0) is 7.84. The fraction of sp³-hybridized carbons (Fsp3) is 0.200. The van der Waals surface area contributed by atoms with Gasteiger partial charge >= 0.3 is 65.7 Å². The predicted octanol–water partition coefficient (Wildman–Crippen LogP) is 0.631. The van der Waals surface area contributed by atoms with Crippen LogP contribution in [0.2, 0.25) is 0 Å². The SMILES string of the molecule is Cc1nc2[n+]([nH]1)C=C[S-]2#P=O. The molecular formula is C5H6N3OPS. The number of rotatable bonds is 0. The van der Waals surface area contributed by atoms with Crippen molar-refractivity contribution in [1.29, 1.82) is 0 Å². The van der Waals surface area contributed by atoms with Gasteiger partial charge < -0.3 is 0 Å². The van der Waals surface area contributed by atoms with Gasteiger partial charge in [0.2, 0.25) is 0 Å². The van der Waals surface area contributed by atoms with Crippen molar-refractivity contribution in [3.8, 4) is 0 Å². The third-order valence-electron chi connectivity index (χ3n) is 1.36. The van der Waals surface area contributed by atoms with Crippen LogP contribution in [0.15, 0.2) is 10.6 Å². The third kappa shape index (κ3) is 1.04. The van der Waals surface area contributed by atoms with E-state index < -0.39 is 0 Å². The molecule has 0 saturated heterocycles. The van der Waals surface area contributed by atoms with Crippen molar-refractivity contribution in [3.63, 3.8) is 0 Å². The summed E-state index contributed by atoms with van der Waals surface area (Å²) in [6.45, 7) is 1.88. The summed E-state index contributed by atoms with van der Waals surface area (Å²) in [5.41, 5.74) is 0. The molecule has 2 heterocycles. The van der Waals surface area contributed by atoms with E-state index in [1.165, 1.54) is 0 Å². The Labute approximate surface area is 66.3 Å². The van der Waals surface area contributed by atoms with E-state index in [9.17, 15) is 4.57 Å². The van der Waals surface area contributed by atoms with Crippen molar-refractivity contribution in [2.24, 2.45) is 0 Å². The molecule has 0 saturated carbocycles. The maximum atomic E-state index is 10.6. The Kier molecular flexibility index (Phi) is 1.62. The molecule has 0 aliphatic carbocycles. The van der Waals surface area contributed by atoms with E-state index in [0.717, 1.165) is 11.0 Å². The van der Waals surface area contributed by atoms with E-state index in [4.69, 9.17) is 0 Å². The van der Waals surface area contributed by atoms with Crippen molar-refractivity contribution in [2.45, 2.75) is 12.1 Å². The molecule has 1 aromatic heterocycles. The average Bonchev–Trinajstić information content (AvgIpc) is 2.45. The Morgan fingerprint density at radius 3 is 3.36 bits per heavy atom. The van der Waals surface area contributed by atoms with Crippen molar-refractivity contribution in [1.82, 2.24) is 10.1 Å². The summed E-state index contributed by atoms with van der Waals surface area (Å²) in [5, 5.41) is 5.73.